The predicted molar refractivity (Wildman–Crippen MR) is 99.4 cm³/mol. The molecule has 1 aromatic rings. The van der Waals surface area contributed by atoms with Crippen LogP contribution in [0.3, 0.4) is 0 Å². The van der Waals surface area contributed by atoms with Crippen LogP contribution >= 0.6 is 23.2 Å². The molecule has 1 fully saturated rings. The van der Waals surface area contributed by atoms with E-state index in [0.29, 0.717) is 29.7 Å². The molecule has 1 N–H and O–H groups in total. The van der Waals surface area contributed by atoms with Gasteiger partial charge in [0.2, 0.25) is 5.91 Å². The molecule has 0 spiro atoms. The summed E-state index contributed by atoms with van der Waals surface area (Å²) < 4.78 is 0. The fourth-order valence-electron chi connectivity index (χ4n) is 3.32. The molecule has 1 aliphatic rings. The number of carboxylic acid groups (broad SMARTS) is 1. The highest BCUT2D eigenvalue weighted by Crippen LogP contribution is 2.28. The fraction of sp³-hybridized carbons (Fsp3) is 0.556. The average Bonchev–Trinajstić information content (AvgIpc) is 2.60. The number of benzene rings is 1. The van der Waals surface area contributed by atoms with Gasteiger partial charge >= 0.3 is 5.97 Å². The van der Waals surface area contributed by atoms with Crippen molar-refractivity contribution in [2.24, 2.45) is 0 Å². The van der Waals surface area contributed by atoms with Crippen LogP contribution in [0, 0.1) is 0 Å². The molecular weight excluding hydrogens is 363 g/mol. The number of carboxylic acids is 1. The Morgan fingerprint density at radius 3 is 2.44 bits per heavy atom. The van der Waals surface area contributed by atoms with Gasteiger partial charge in [-0.05, 0) is 44.0 Å². The Labute approximate surface area is 158 Å². The second-order valence-corrected chi connectivity index (χ2v) is 7.22. The van der Waals surface area contributed by atoms with Crippen molar-refractivity contribution < 1.29 is 14.7 Å². The zero-order chi connectivity index (χ0) is 18.6. The zero-order valence-corrected chi connectivity index (χ0v) is 16.1. The summed E-state index contributed by atoms with van der Waals surface area (Å²) in [5, 5.41) is 9.92. The molecule has 0 bridgehead atoms. The van der Waals surface area contributed by atoms with Crippen molar-refractivity contribution in [1.29, 1.82) is 0 Å². The maximum Gasteiger partial charge on any atom is 0.317 e. The molecule has 25 heavy (non-hydrogen) atoms. The number of hydrogen-bond acceptors (Lipinski definition) is 3. The van der Waals surface area contributed by atoms with Gasteiger partial charge in [-0.3, -0.25) is 14.5 Å². The van der Waals surface area contributed by atoms with Crippen LogP contribution in [-0.2, 0) is 9.59 Å². The Hall–Kier alpha value is -1.30. The first-order chi connectivity index (χ1) is 11.8. The summed E-state index contributed by atoms with van der Waals surface area (Å²) in [4.78, 5) is 27.5. The third kappa shape index (κ3) is 5.09. The van der Waals surface area contributed by atoms with Crippen molar-refractivity contribution in [2.75, 3.05) is 26.2 Å². The van der Waals surface area contributed by atoms with Gasteiger partial charge in [0.1, 0.15) is 0 Å². The van der Waals surface area contributed by atoms with Crippen LogP contribution in [0.1, 0.15) is 38.2 Å². The van der Waals surface area contributed by atoms with Crippen LogP contribution < -0.4 is 0 Å². The van der Waals surface area contributed by atoms with E-state index in [9.17, 15) is 9.59 Å². The lowest BCUT2D eigenvalue weighted by Gasteiger charge is -2.38. The molecule has 5 nitrogen and oxygen atoms in total. The Bertz CT molecular complexity index is 631. The minimum absolute atomic E-state index is 0.0504. The van der Waals surface area contributed by atoms with E-state index in [-0.39, 0.29) is 24.4 Å². The Balaban J connectivity index is 1.96. The number of rotatable bonds is 6. The molecule has 1 atom stereocenters. The Morgan fingerprint density at radius 2 is 1.92 bits per heavy atom. The predicted octanol–water partition coefficient (Wildman–Crippen LogP) is 3.49. The van der Waals surface area contributed by atoms with Gasteiger partial charge in [-0.1, -0.05) is 36.2 Å². The molecule has 0 saturated carbocycles. The van der Waals surface area contributed by atoms with E-state index in [1.54, 1.807) is 12.1 Å². The number of likely N-dealkylation sites (tertiary alicyclic amines) is 1. The van der Waals surface area contributed by atoms with Crippen LogP contribution in [0.15, 0.2) is 18.2 Å². The first-order valence-electron chi connectivity index (χ1n) is 8.53. The molecule has 7 heteroatoms. The molecular formula is C18H24Cl2N2O3. The highest BCUT2D eigenvalue weighted by Gasteiger charge is 2.29. The third-order valence-electron chi connectivity index (χ3n) is 4.85. The number of aliphatic carboxylic acids is 1. The minimum atomic E-state index is -0.811. The quantitative estimate of drug-likeness (QED) is 0.812. The van der Waals surface area contributed by atoms with Crippen LogP contribution in [0.5, 0.6) is 0 Å². The van der Waals surface area contributed by atoms with Gasteiger partial charge in [0.25, 0.3) is 0 Å². The molecule has 1 amide bonds. The molecule has 1 aromatic carbocycles. The summed E-state index contributed by atoms with van der Waals surface area (Å²) in [6.45, 7) is 5.87. The summed E-state index contributed by atoms with van der Waals surface area (Å²) in [6.07, 6.45) is 1.59. The molecule has 1 unspecified atom stereocenters. The number of hydrogen-bond donors (Lipinski definition) is 1. The van der Waals surface area contributed by atoms with Crippen LogP contribution in [0.4, 0.5) is 0 Å². The van der Waals surface area contributed by atoms with Crippen LogP contribution in [0.2, 0.25) is 10.0 Å². The average molecular weight is 387 g/mol. The van der Waals surface area contributed by atoms with E-state index in [4.69, 9.17) is 28.3 Å². The molecule has 138 valence electrons. The number of halogens is 2. The van der Waals surface area contributed by atoms with Gasteiger partial charge in [-0.15, -0.1) is 0 Å². The summed E-state index contributed by atoms with van der Waals surface area (Å²) in [6, 6.07) is 5.49. The largest absolute Gasteiger partial charge is 0.480 e. The monoisotopic (exact) mass is 386 g/mol. The number of carbonyl (C=O) groups is 2. The highest BCUT2D eigenvalue weighted by atomic mass is 35.5. The normalized spacial score (nSPS) is 16.9. The van der Waals surface area contributed by atoms with Crippen molar-refractivity contribution in [2.45, 2.75) is 38.6 Å². The second-order valence-electron chi connectivity index (χ2n) is 6.41. The summed E-state index contributed by atoms with van der Waals surface area (Å²) >= 11 is 12.0. The summed E-state index contributed by atoms with van der Waals surface area (Å²) in [5.74, 6) is -1.03. The number of likely N-dealkylation sites (N-methyl/N-ethyl adjacent to an activating group) is 1. The standard InChI is InChI=1S/C18H24Cl2N2O3/c1-3-21(11-17(23)24)14-6-8-22(9-7-14)18(25)12(2)13-4-5-15(19)16(20)10-13/h4-5,10,12,14H,3,6-9,11H2,1-2H3,(H,23,24). The van der Waals surface area contributed by atoms with Crippen LogP contribution in [-0.4, -0.2) is 59.0 Å². The number of amides is 1. The van der Waals surface area contributed by atoms with E-state index in [1.807, 2.05) is 29.7 Å². The number of piperidine rings is 1. The SMILES string of the molecule is CCN(CC(=O)O)C1CCN(C(=O)C(C)c2ccc(Cl)c(Cl)c2)CC1. The van der Waals surface area contributed by atoms with Crippen molar-refractivity contribution >= 4 is 35.1 Å². The molecule has 0 radical (unpaired) electrons. The summed E-state index contributed by atoms with van der Waals surface area (Å²) in [5.41, 5.74) is 0.850. The maximum absolute atomic E-state index is 12.8. The van der Waals surface area contributed by atoms with Gasteiger partial charge in [0.15, 0.2) is 0 Å². The van der Waals surface area contributed by atoms with Gasteiger partial charge < -0.3 is 10.0 Å². The molecule has 0 aromatic heterocycles. The maximum atomic E-state index is 12.8. The molecule has 2 rings (SSSR count). The minimum Gasteiger partial charge on any atom is -0.480 e. The van der Waals surface area contributed by atoms with Gasteiger partial charge in [0.05, 0.1) is 22.5 Å². The second kappa shape index (κ2) is 8.88. The first-order valence-corrected chi connectivity index (χ1v) is 9.28. The van der Waals surface area contributed by atoms with Gasteiger partial charge in [-0.25, -0.2) is 0 Å². The fourth-order valence-corrected chi connectivity index (χ4v) is 3.63. The van der Waals surface area contributed by atoms with Crippen LogP contribution in [0.25, 0.3) is 0 Å². The van der Waals surface area contributed by atoms with Gasteiger partial charge in [0, 0.05) is 19.1 Å². The smallest absolute Gasteiger partial charge is 0.317 e. The van der Waals surface area contributed by atoms with Crippen molar-refractivity contribution in [3.8, 4) is 0 Å². The highest BCUT2D eigenvalue weighted by molar-refractivity contribution is 6.42. The van der Waals surface area contributed by atoms with E-state index >= 15 is 0 Å². The van der Waals surface area contributed by atoms with Gasteiger partial charge in [-0.2, -0.15) is 0 Å². The number of nitrogens with zero attached hydrogens (tertiary/aromatic N) is 2. The number of carbonyl (C=O) groups excluding carboxylic acids is 1. The lowest BCUT2D eigenvalue weighted by molar-refractivity contribution is -0.140. The van der Waals surface area contributed by atoms with Crippen molar-refractivity contribution in [3.05, 3.63) is 33.8 Å². The lowest BCUT2D eigenvalue weighted by Crippen LogP contribution is -2.48. The first kappa shape index (κ1) is 20.0. The van der Waals surface area contributed by atoms with E-state index in [1.165, 1.54) is 0 Å². The molecule has 1 heterocycles. The molecule has 1 aliphatic heterocycles. The molecule has 1 saturated heterocycles. The van der Waals surface area contributed by atoms with E-state index in [2.05, 4.69) is 0 Å². The topological polar surface area (TPSA) is 60.9 Å². The van der Waals surface area contributed by atoms with E-state index < -0.39 is 5.97 Å². The Morgan fingerprint density at radius 1 is 1.28 bits per heavy atom. The molecule has 0 aliphatic carbocycles. The third-order valence-corrected chi connectivity index (χ3v) is 5.59. The lowest BCUT2D eigenvalue weighted by atomic mass is 9.97. The zero-order valence-electron chi connectivity index (χ0n) is 14.5. The Kier molecular flexibility index (Phi) is 7.11. The van der Waals surface area contributed by atoms with Crippen molar-refractivity contribution in [1.82, 2.24) is 9.80 Å². The summed E-state index contributed by atoms with van der Waals surface area (Å²) in [7, 11) is 0. The van der Waals surface area contributed by atoms with E-state index in [0.717, 1.165) is 18.4 Å². The van der Waals surface area contributed by atoms with Crippen molar-refractivity contribution in [3.63, 3.8) is 0 Å².